The molecule has 2 aromatic carbocycles. The average molecular weight is 246 g/mol. The standard InChI is InChI=1S/C15H15FO2/c16-13-3-1-2-12(8-13)10-15(18)9-11-4-6-14(17)7-5-11/h1-8,15,17-18H,9-10H2. The van der Waals surface area contributed by atoms with Gasteiger partial charge in [-0.25, -0.2) is 4.39 Å². The fraction of sp³-hybridized carbons (Fsp3) is 0.200. The molecule has 0 aliphatic carbocycles. The zero-order valence-electron chi connectivity index (χ0n) is 9.88. The van der Waals surface area contributed by atoms with Crippen molar-refractivity contribution in [3.05, 3.63) is 65.5 Å². The second kappa shape index (κ2) is 5.65. The first-order valence-electron chi connectivity index (χ1n) is 5.84. The summed E-state index contributed by atoms with van der Waals surface area (Å²) >= 11 is 0. The van der Waals surface area contributed by atoms with Crippen molar-refractivity contribution in [3.63, 3.8) is 0 Å². The van der Waals surface area contributed by atoms with Gasteiger partial charge in [-0.15, -0.1) is 0 Å². The van der Waals surface area contributed by atoms with E-state index in [-0.39, 0.29) is 11.6 Å². The lowest BCUT2D eigenvalue weighted by molar-refractivity contribution is 0.175. The number of halogens is 1. The van der Waals surface area contributed by atoms with E-state index in [2.05, 4.69) is 0 Å². The molecule has 3 heteroatoms. The number of hydrogen-bond donors (Lipinski definition) is 2. The van der Waals surface area contributed by atoms with Gasteiger partial charge in [-0.1, -0.05) is 24.3 Å². The third kappa shape index (κ3) is 3.57. The maximum Gasteiger partial charge on any atom is 0.123 e. The number of hydrogen-bond acceptors (Lipinski definition) is 2. The highest BCUT2D eigenvalue weighted by molar-refractivity contribution is 5.26. The molecule has 2 nitrogen and oxygen atoms in total. The van der Waals surface area contributed by atoms with E-state index in [0.717, 1.165) is 11.1 Å². The summed E-state index contributed by atoms with van der Waals surface area (Å²) in [7, 11) is 0. The van der Waals surface area contributed by atoms with Crippen LogP contribution in [-0.2, 0) is 12.8 Å². The summed E-state index contributed by atoms with van der Waals surface area (Å²) in [6, 6.07) is 13.0. The molecule has 0 radical (unpaired) electrons. The highest BCUT2D eigenvalue weighted by Gasteiger charge is 2.07. The van der Waals surface area contributed by atoms with Gasteiger partial charge >= 0.3 is 0 Å². The van der Waals surface area contributed by atoms with Crippen LogP contribution in [0.25, 0.3) is 0 Å². The summed E-state index contributed by atoms with van der Waals surface area (Å²) < 4.78 is 13.0. The van der Waals surface area contributed by atoms with Crippen LogP contribution in [-0.4, -0.2) is 16.3 Å². The average Bonchev–Trinajstić information content (AvgIpc) is 2.32. The second-order valence-electron chi connectivity index (χ2n) is 4.36. The smallest absolute Gasteiger partial charge is 0.123 e. The molecule has 0 fully saturated rings. The normalized spacial score (nSPS) is 12.3. The summed E-state index contributed by atoms with van der Waals surface area (Å²) in [5, 5.41) is 19.1. The van der Waals surface area contributed by atoms with Crippen LogP contribution in [0.2, 0.25) is 0 Å². The maximum atomic E-state index is 13.0. The molecule has 0 amide bonds. The van der Waals surface area contributed by atoms with Gasteiger partial charge in [0, 0.05) is 0 Å². The van der Waals surface area contributed by atoms with E-state index in [9.17, 15) is 9.50 Å². The zero-order chi connectivity index (χ0) is 13.0. The highest BCUT2D eigenvalue weighted by Crippen LogP contribution is 2.13. The van der Waals surface area contributed by atoms with Crippen molar-refractivity contribution in [1.29, 1.82) is 0 Å². The number of rotatable bonds is 4. The molecule has 18 heavy (non-hydrogen) atoms. The molecule has 1 unspecified atom stereocenters. The van der Waals surface area contributed by atoms with E-state index in [1.165, 1.54) is 12.1 Å². The van der Waals surface area contributed by atoms with Gasteiger partial charge in [0.25, 0.3) is 0 Å². The molecule has 1 atom stereocenters. The lowest BCUT2D eigenvalue weighted by Crippen LogP contribution is -2.13. The van der Waals surface area contributed by atoms with Crippen molar-refractivity contribution in [2.24, 2.45) is 0 Å². The Labute approximate surface area is 105 Å². The molecule has 94 valence electrons. The van der Waals surface area contributed by atoms with E-state index in [4.69, 9.17) is 5.11 Å². The molecule has 2 aromatic rings. The molecule has 0 bridgehead atoms. The highest BCUT2D eigenvalue weighted by atomic mass is 19.1. The Bertz CT molecular complexity index is 508. The zero-order valence-corrected chi connectivity index (χ0v) is 9.88. The SMILES string of the molecule is Oc1ccc(CC(O)Cc2cccc(F)c2)cc1. The van der Waals surface area contributed by atoms with Gasteiger partial charge in [-0.2, -0.15) is 0 Å². The number of phenols is 1. The Morgan fingerprint density at radius 3 is 2.28 bits per heavy atom. The minimum Gasteiger partial charge on any atom is -0.508 e. The van der Waals surface area contributed by atoms with Crippen molar-refractivity contribution in [2.75, 3.05) is 0 Å². The van der Waals surface area contributed by atoms with Crippen LogP contribution in [0.1, 0.15) is 11.1 Å². The van der Waals surface area contributed by atoms with Crippen LogP contribution in [0.15, 0.2) is 48.5 Å². The molecule has 0 spiro atoms. The molecule has 2 rings (SSSR count). The lowest BCUT2D eigenvalue weighted by Gasteiger charge is -2.11. The van der Waals surface area contributed by atoms with Crippen molar-refractivity contribution in [3.8, 4) is 5.75 Å². The van der Waals surface area contributed by atoms with Gasteiger partial charge in [0.2, 0.25) is 0 Å². The topological polar surface area (TPSA) is 40.5 Å². The third-order valence-electron chi connectivity index (χ3n) is 2.77. The van der Waals surface area contributed by atoms with Crippen molar-refractivity contribution < 1.29 is 14.6 Å². The van der Waals surface area contributed by atoms with Crippen LogP contribution in [0.4, 0.5) is 4.39 Å². The van der Waals surface area contributed by atoms with Crippen molar-refractivity contribution in [2.45, 2.75) is 18.9 Å². The minimum atomic E-state index is -0.559. The Balaban J connectivity index is 1.96. The molecular weight excluding hydrogens is 231 g/mol. The maximum absolute atomic E-state index is 13.0. The Hall–Kier alpha value is -1.87. The molecule has 0 heterocycles. The first-order valence-corrected chi connectivity index (χ1v) is 5.84. The summed E-state index contributed by atoms with van der Waals surface area (Å²) in [5.74, 6) is -0.0808. The Morgan fingerprint density at radius 2 is 1.61 bits per heavy atom. The largest absolute Gasteiger partial charge is 0.508 e. The molecule has 0 aliphatic heterocycles. The quantitative estimate of drug-likeness (QED) is 0.870. The van der Waals surface area contributed by atoms with E-state index in [0.29, 0.717) is 12.8 Å². The van der Waals surface area contributed by atoms with Crippen molar-refractivity contribution >= 4 is 0 Å². The number of benzene rings is 2. The van der Waals surface area contributed by atoms with Gasteiger partial charge in [0.1, 0.15) is 11.6 Å². The number of aromatic hydroxyl groups is 1. The monoisotopic (exact) mass is 246 g/mol. The van der Waals surface area contributed by atoms with Crippen LogP contribution >= 0.6 is 0 Å². The van der Waals surface area contributed by atoms with Crippen LogP contribution in [0.5, 0.6) is 5.75 Å². The number of aliphatic hydroxyl groups is 1. The first kappa shape index (κ1) is 12.6. The van der Waals surface area contributed by atoms with Crippen LogP contribution in [0, 0.1) is 5.82 Å². The molecule has 0 saturated heterocycles. The number of aliphatic hydroxyl groups excluding tert-OH is 1. The summed E-state index contributed by atoms with van der Waals surface area (Å²) in [6.07, 6.45) is 0.339. The van der Waals surface area contributed by atoms with Gasteiger partial charge in [0.05, 0.1) is 6.10 Å². The van der Waals surface area contributed by atoms with Gasteiger partial charge in [-0.3, -0.25) is 0 Å². The summed E-state index contributed by atoms with van der Waals surface area (Å²) in [4.78, 5) is 0. The van der Waals surface area contributed by atoms with Gasteiger partial charge < -0.3 is 10.2 Å². The minimum absolute atomic E-state index is 0.207. The van der Waals surface area contributed by atoms with E-state index < -0.39 is 6.10 Å². The Morgan fingerprint density at radius 1 is 0.944 bits per heavy atom. The predicted octanol–water partition coefficient (Wildman–Crippen LogP) is 2.68. The van der Waals surface area contributed by atoms with E-state index in [1.807, 2.05) is 0 Å². The first-order chi connectivity index (χ1) is 8.63. The second-order valence-corrected chi connectivity index (χ2v) is 4.36. The van der Waals surface area contributed by atoms with Crippen LogP contribution in [0.3, 0.4) is 0 Å². The van der Waals surface area contributed by atoms with Gasteiger partial charge in [-0.05, 0) is 48.2 Å². The predicted molar refractivity (Wildman–Crippen MR) is 67.9 cm³/mol. The Kier molecular flexibility index (Phi) is 3.95. The van der Waals surface area contributed by atoms with E-state index >= 15 is 0 Å². The number of phenolic OH excluding ortho intramolecular Hbond substituents is 1. The summed E-state index contributed by atoms with van der Waals surface area (Å²) in [6.45, 7) is 0. The molecular formula is C15H15FO2. The molecule has 0 aliphatic rings. The lowest BCUT2D eigenvalue weighted by atomic mass is 10.0. The fourth-order valence-corrected chi connectivity index (χ4v) is 1.91. The molecule has 2 N–H and O–H groups in total. The molecule has 0 saturated carbocycles. The van der Waals surface area contributed by atoms with E-state index in [1.54, 1.807) is 36.4 Å². The molecule has 0 aromatic heterocycles. The van der Waals surface area contributed by atoms with Crippen LogP contribution < -0.4 is 0 Å². The van der Waals surface area contributed by atoms with Crippen molar-refractivity contribution in [1.82, 2.24) is 0 Å². The third-order valence-corrected chi connectivity index (χ3v) is 2.77. The summed E-state index contributed by atoms with van der Waals surface area (Å²) in [5.41, 5.74) is 1.72. The fourth-order valence-electron chi connectivity index (χ4n) is 1.91. The van der Waals surface area contributed by atoms with Gasteiger partial charge in [0.15, 0.2) is 0 Å².